The summed E-state index contributed by atoms with van der Waals surface area (Å²) < 4.78 is 5.59. The van der Waals surface area contributed by atoms with Gasteiger partial charge in [-0.25, -0.2) is 0 Å². The van der Waals surface area contributed by atoms with Gasteiger partial charge in [0.2, 0.25) is 0 Å². The summed E-state index contributed by atoms with van der Waals surface area (Å²) in [5.41, 5.74) is 1.12. The minimum absolute atomic E-state index is 0.0790. The zero-order valence-electron chi connectivity index (χ0n) is 11.1. The highest BCUT2D eigenvalue weighted by Gasteiger charge is 2.41. The van der Waals surface area contributed by atoms with Gasteiger partial charge < -0.3 is 4.74 Å². The zero-order chi connectivity index (χ0) is 13.1. The van der Waals surface area contributed by atoms with Crippen LogP contribution >= 0.6 is 0 Å². The molecule has 2 bridgehead atoms. The van der Waals surface area contributed by atoms with Crippen LogP contribution in [0.15, 0.2) is 36.4 Å². The highest BCUT2D eigenvalue weighted by Crippen LogP contribution is 2.45. The second-order valence-corrected chi connectivity index (χ2v) is 5.72. The van der Waals surface area contributed by atoms with E-state index in [9.17, 15) is 4.79 Å². The van der Waals surface area contributed by atoms with E-state index >= 15 is 0 Å². The number of benzene rings is 1. The Morgan fingerprint density at radius 1 is 1.21 bits per heavy atom. The Labute approximate surface area is 114 Å². The third-order valence-electron chi connectivity index (χ3n) is 4.35. The summed E-state index contributed by atoms with van der Waals surface area (Å²) in [6, 6.07) is 10.0. The molecule has 2 nitrogen and oxygen atoms in total. The fraction of sp³-hybridized carbons (Fsp3) is 0.471. The standard InChI is InChI=1S/C17H20O2/c18-17(8-4-7-13-5-2-1-3-6-13)19-16-12-14-9-10-15(16)11-14/h1-7,14-16H,8-12H2/b7-4+. The molecule has 1 aromatic carbocycles. The van der Waals surface area contributed by atoms with Crippen LogP contribution in [-0.2, 0) is 9.53 Å². The lowest BCUT2D eigenvalue weighted by atomic mass is 9.98. The summed E-state index contributed by atoms with van der Waals surface area (Å²) in [4.78, 5) is 11.8. The molecule has 0 spiro atoms. The van der Waals surface area contributed by atoms with Gasteiger partial charge in [0.15, 0.2) is 0 Å². The van der Waals surface area contributed by atoms with Crippen LogP contribution in [0.25, 0.3) is 6.08 Å². The van der Waals surface area contributed by atoms with Crippen molar-refractivity contribution in [2.75, 3.05) is 0 Å². The average molecular weight is 256 g/mol. The van der Waals surface area contributed by atoms with Crippen LogP contribution in [0.4, 0.5) is 0 Å². The SMILES string of the molecule is O=C(C/C=C/c1ccccc1)OC1CC2CCC1C2. The summed E-state index contributed by atoms with van der Waals surface area (Å²) in [6.45, 7) is 0. The first-order chi connectivity index (χ1) is 9.31. The number of hydrogen-bond acceptors (Lipinski definition) is 2. The number of carbonyl (C=O) groups excluding carboxylic acids is 1. The summed E-state index contributed by atoms with van der Waals surface area (Å²) >= 11 is 0. The van der Waals surface area contributed by atoms with Crippen molar-refractivity contribution in [1.29, 1.82) is 0 Å². The van der Waals surface area contributed by atoms with Gasteiger partial charge in [-0.05, 0) is 43.1 Å². The average Bonchev–Trinajstić information content (AvgIpc) is 3.02. The van der Waals surface area contributed by atoms with Gasteiger partial charge in [-0.1, -0.05) is 42.5 Å². The molecular weight excluding hydrogens is 236 g/mol. The molecule has 2 saturated carbocycles. The Kier molecular flexibility index (Phi) is 3.67. The van der Waals surface area contributed by atoms with Gasteiger partial charge in [0, 0.05) is 0 Å². The van der Waals surface area contributed by atoms with E-state index in [0.717, 1.165) is 17.9 Å². The number of rotatable bonds is 4. The topological polar surface area (TPSA) is 26.3 Å². The van der Waals surface area contributed by atoms with E-state index in [1.807, 2.05) is 42.5 Å². The number of esters is 1. The van der Waals surface area contributed by atoms with Crippen LogP contribution in [0.3, 0.4) is 0 Å². The van der Waals surface area contributed by atoms with Gasteiger partial charge in [0.25, 0.3) is 0 Å². The van der Waals surface area contributed by atoms with Crippen LogP contribution in [0.5, 0.6) is 0 Å². The molecule has 0 aromatic heterocycles. The summed E-state index contributed by atoms with van der Waals surface area (Å²) in [7, 11) is 0. The Bertz CT molecular complexity index is 463. The minimum atomic E-state index is -0.0790. The molecule has 0 amide bonds. The van der Waals surface area contributed by atoms with Crippen molar-refractivity contribution < 1.29 is 9.53 Å². The van der Waals surface area contributed by atoms with Crippen molar-refractivity contribution in [1.82, 2.24) is 0 Å². The predicted molar refractivity (Wildman–Crippen MR) is 75.4 cm³/mol. The zero-order valence-corrected chi connectivity index (χ0v) is 11.1. The molecule has 0 saturated heterocycles. The van der Waals surface area contributed by atoms with Gasteiger partial charge in [0.1, 0.15) is 6.10 Å². The molecule has 2 aliphatic rings. The predicted octanol–water partition coefficient (Wildman–Crippen LogP) is 3.82. The Morgan fingerprint density at radius 2 is 2.05 bits per heavy atom. The van der Waals surface area contributed by atoms with Crippen LogP contribution in [0.2, 0.25) is 0 Å². The van der Waals surface area contributed by atoms with Gasteiger partial charge >= 0.3 is 5.97 Å². The quantitative estimate of drug-likeness (QED) is 0.765. The minimum Gasteiger partial charge on any atom is -0.462 e. The van der Waals surface area contributed by atoms with Gasteiger partial charge in [-0.2, -0.15) is 0 Å². The van der Waals surface area contributed by atoms with E-state index in [1.165, 1.54) is 19.3 Å². The van der Waals surface area contributed by atoms with Crippen LogP contribution in [0.1, 0.15) is 37.7 Å². The Balaban J connectivity index is 1.46. The summed E-state index contributed by atoms with van der Waals surface area (Å²) in [5.74, 6) is 1.39. The first-order valence-electron chi connectivity index (χ1n) is 7.22. The van der Waals surface area contributed by atoms with Gasteiger partial charge in [0.05, 0.1) is 6.42 Å². The molecule has 3 atom stereocenters. The number of fused-ring (bicyclic) bond motifs is 2. The van der Waals surface area contributed by atoms with Crippen molar-refractivity contribution in [2.45, 2.75) is 38.2 Å². The highest BCUT2D eigenvalue weighted by molar-refractivity contribution is 5.72. The molecule has 19 heavy (non-hydrogen) atoms. The number of carbonyl (C=O) groups is 1. The smallest absolute Gasteiger partial charge is 0.309 e. The van der Waals surface area contributed by atoms with Crippen LogP contribution < -0.4 is 0 Å². The second kappa shape index (κ2) is 5.60. The van der Waals surface area contributed by atoms with Crippen molar-refractivity contribution in [3.63, 3.8) is 0 Å². The van der Waals surface area contributed by atoms with E-state index in [0.29, 0.717) is 12.3 Å². The van der Waals surface area contributed by atoms with Crippen LogP contribution in [0, 0.1) is 11.8 Å². The molecule has 0 aliphatic heterocycles. The van der Waals surface area contributed by atoms with Crippen molar-refractivity contribution >= 4 is 12.0 Å². The first-order valence-corrected chi connectivity index (χ1v) is 7.22. The molecule has 2 fully saturated rings. The highest BCUT2D eigenvalue weighted by atomic mass is 16.5. The summed E-state index contributed by atoms with van der Waals surface area (Å²) in [6.07, 6.45) is 9.41. The van der Waals surface area contributed by atoms with Crippen molar-refractivity contribution in [2.24, 2.45) is 11.8 Å². The maximum atomic E-state index is 11.8. The number of ether oxygens (including phenoxy) is 1. The van der Waals surface area contributed by atoms with E-state index in [2.05, 4.69) is 0 Å². The first kappa shape index (κ1) is 12.5. The second-order valence-electron chi connectivity index (χ2n) is 5.72. The molecule has 3 unspecified atom stereocenters. The van der Waals surface area contributed by atoms with E-state index in [-0.39, 0.29) is 12.1 Å². The molecule has 2 heteroatoms. The lowest BCUT2D eigenvalue weighted by molar-refractivity contribution is -0.150. The lowest BCUT2D eigenvalue weighted by Gasteiger charge is -2.21. The molecule has 1 aromatic rings. The molecule has 0 radical (unpaired) electrons. The van der Waals surface area contributed by atoms with E-state index in [1.54, 1.807) is 0 Å². The monoisotopic (exact) mass is 256 g/mol. The maximum absolute atomic E-state index is 11.8. The Morgan fingerprint density at radius 3 is 2.74 bits per heavy atom. The van der Waals surface area contributed by atoms with E-state index in [4.69, 9.17) is 4.74 Å². The fourth-order valence-electron chi connectivity index (χ4n) is 3.40. The maximum Gasteiger partial charge on any atom is 0.309 e. The lowest BCUT2D eigenvalue weighted by Crippen LogP contribution is -2.23. The van der Waals surface area contributed by atoms with Crippen molar-refractivity contribution in [3.05, 3.63) is 42.0 Å². The Hall–Kier alpha value is -1.57. The molecule has 3 rings (SSSR count). The fourth-order valence-corrected chi connectivity index (χ4v) is 3.40. The van der Waals surface area contributed by atoms with Gasteiger partial charge in [-0.15, -0.1) is 0 Å². The molecule has 0 N–H and O–H groups in total. The molecule has 0 heterocycles. The van der Waals surface area contributed by atoms with Gasteiger partial charge in [-0.3, -0.25) is 4.79 Å². The van der Waals surface area contributed by atoms with Crippen LogP contribution in [-0.4, -0.2) is 12.1 Å². The number of hydrogen-bond donors (Lipinski definition) is 0. The molecule has 100 valence electrons. The summed E-state index contributed by atoms with van der Waals surface area (Å²) in [5, 5.41) is 0. The third-order valence-corrected chi connectivity index (χ3v) is 4.35. The third kappa shape index (κ3) is 3.06. The normalized spacial score (nSPS) is 28.9. The van der Waals surface area contributed by atoms with E-state index < -0.39 is 0 Å². The molecule has 2 aliphatic carbocycles. The van der Waals surface area contributed by atoms with Crippen molar-refractivity contribution in [3.8, 4) is 0 Å². The molecular formula is C17H20O2. The largest absolute Gasteiger partial charge is 0.462 e.